The molecule has 32 heavy (non-hydrogen) atoms. The molecule has 0 unspecified atom stereocenters. The molecule has 2 aliphatic heterocycles. The van der Waals surface area contributed by atoms with Crippen LogP contribution >= 0.6 is 0 Å². The SMILES string of the molecule is COc1cccc(CNC(=O)[C@@H]2C[C@@H](O)CN2C2CCN(C(=O)CC3CCCC3)CC2)c1. The van der Waals surface area contributed by atoms with E-state index in [1.807, 2.05) is 29.2 Å². The first kappa shape index (κ1) is 23.1. The number of carbonyl (C=O) groups is 2. The summed E-state index contributed by atoms with van der Waals surface area (Å²) in [7, 11) is 1.63. The van der Waals surface area contributed by atoms with Crippen LogP contribution in [0, 0.1) is 5.92 Å². The summed E-state index contributed by atoms with van der Waals surface area (Å²) < 4.78 is 5.25. The predicted octanol–water partition coefficient (Wildman–Crippen LogP) is 2.32. The highest BCUT2D eigenvalue weighted by Gasteiger charge is 2.41. The van der Waals surface area contributed by atoms with Crippen LogP contribution in [0.5, 0.6) is 5.75 Å². The molecule has 2 saturated heterocycles. The number of aliphatic hydroxyl groups excluding tert-OH is 1. The number of nitrogens with zero attached hydrogens (tertiary/aromatic N) is 2. The van der Waals surface area contributed by atoms with Gasteiger partial charge in [0.15, 0.2) is 0 Å². The van der Waals surface area contributed by atoms with E-state index in [-0.39, 0.29) is 18.0 Å². The molecule has 0 aromatic heterocycles. The molecule has 3 fully saturated rings. The highest BCUT2D eigenvalue weighted by Crippen LogP contribution is 2.30. The Morgan fingerprint density at radius 2 is 1.91 bits per heavy atom. The van der Waals surface area contributed by atoms with Crippen LogP contribution in [-0.2, 0) is 16.1 Å². The van der Waals surface area contributed by atoms with Gasteiger partial charge in [0.25, 0.3) is 0 Å². The zero-order valence-electron chi connectivity index (χ0n) is 19.2. The first-order chi connectivity index (χ1) is 15.5. The predicted molar refractivity (Wildman–Crippen MR) is 122 cm³/mol. The third-order valence-corrected chi connectivity index (χ3v) is 7.45. The minimum atomic E-state index is -0.482. The summed E-state index contributed by atoms with van der Waals surface area (Å²) in [5.41, 5.74) is 0.983. The lowest BCUT2D eigenvalue weighted by Gasteiger charge is -2.39. The number of aliphatic hydroxyl groups is 1. The van der Waals surface area contributed by atoms with Crippen LogP contribution in [-0.4, -0.2) is 71.7 Å². The Labute approximate surface area is 191 Å². The Morgan fingerprint density at radius 1 is 1.16 bits per heavy atom. The molecule has 2 atom stereocenters. The molecule has 0 spiro atoms. The van der Waals surface area contributed by atoms with Crippen LogP contribution in [0.25, 0.3) is 0 Å². The molecule has 0 bridgehead atoms. The van der Waals surface area contributed by atoms with Crippen molar-refractivity contribution in [2.45, 2.75) is 76.1 Å². The Bertz CT molecular complexity index is 787. The van der Waals surface area contributed by atoms with Crippen molar-refractivity contribution in [3.63, 3.8) is 0 Å². The van der Waals surface area contributed by atoms with Crippen molar-refractivity contribution in [2.75, 3.05) is 26.7 Å². The van der Waals surface area contributed by atoms with Crippen LogP contribution in [0.2, 0.25) is 0 Å². The number of likely N-dealkylation sites (tertiary alicyclic amines) is 2. The minimum Gasteiger partial charge on any atom is -0.497 e. The molecule has 2 amide bonds. The van der Waals surface area contributed by atoms with Crippen molar-refractivity contribution >= 4 is 11.8 Å². The second kappa shape index (κ2) is 10.7. The highest BCUT2D eigenvalue weighted by atomic mass is 16.5. The van der Waals surface area contributed by atoms with Crippen molar-refractivity contribution in [3.05, 3.63) is 29.8 Å². The molecular weight excluding hydrogens is 406 g/mol. The number of ether oxygens (including phenoxy) is 1. The molecule has 2 N–H and O–H groups in total. The molecule has 3 aliphatic rings. The molecule has 4 rings (SSSR count). The second-order valence-corrected chi connectivity index (χ2v) is 9.64. The monoisotopic (exact) mass is 443 g/mol. The number of benzene rings is 1. The summed E-state index contributed by atoms with van der Waals surface area (Å²) in [6.07, 6.45) is 7.32. The molecule has 2 heterocycles. The zero-order chi connectivity index (χ0) is 22.5. The number of rotatable bonds is 7. The van der Waals surface area contributed by atoms with E-state index in [1.54, 1.807) is 7.11 Å². The van der Waals surface area contributed by atoms with Crippen molar-refractivity contribution in [1.82, 2.24) is 15.1 Å². The van der Waals surface area contributed by atoms with Gasteiger partial charge in [-0.05, 0) is 55.7 Å². The quantitative estimate of drug-likeness (QED) is 0.676. The van der Waals surface area contributed by atoms with E-state index in [1.165, 1.54) is 25.7 Å². The van der Waals surface area contributed by atoms with Gasteiger partial charge in [0.05, 0.1) is 19.3 Å². The average Bonchev–Trinajstić information content (AvgIpc) is 3.47. The average molecular weight is 444 g/mol. The summed E-state index contributed by atoms with van der Waals surface area (Å²) in [5, 5.41) is 13.3. The van der Waals surface area contributed by atoms with Gasteiger partial charge in [-0.15, -0.1) is 0 Å². The number of piperidine rings is 1. The van der Waals surface area contributed by atoms with Gasteiger partial charge in [-0.25, -0.2) is 0 Å². The first-order valence-corrected chi connectivity index (χ1v) is 12.2. The number of β-amino-alcohol motifs (C(OH)–C–C–N with tert-alkyl or cyclic N) is 1. The van der Waals surface area contributed by atoms with Crippen molar-refractivity contribution < 1.29 is 19.4 Å². The number of nitrogens with one attached hydrogen (secondary N) is 1. The van der Waals surface area contributed by atoms with Gasteiger partial charge in [0.2, 0.25) is 11.8 Å². The molecule has 7 heteroatoms. The smallest absolute Gasteiger partial charge is 0.237 e. The standard InChI is InChI=1S/C25H37N3O4/c1-32-22-8-4-7-19(13-22)16-26-25(31)23-15-21(29)17-28(23)20-9-11-27(12-10-20)24(30)14-18-5-2-3-6-18/h4,7-8,13,18,20-21,23,29H,2-3,5-6,9-12,14-17H2,1H3,(H,26,31)/t21-,23+/m1/s1. The van der Waals surface area contributed by atoms with E-state index < -0.39 is 6.10 Å². The number of methoxy groups -OCH3 is 1. The summed E-state index contributed by atoms with van der Waals surface area (Å²) in [4.78, 5) is 29.8. The maximum atomic E-state index is 13.0. The largest absolute Gasteiger partial charge is 0.497 e. The number of hydrogen-bond acceptors (Lipinski definition) is 5. The van der Waals surface area contributed by atoms with Gasteiger partial charge >= 0.3 is 0 Å². The van der Waals surface area contributed by atoms with Gasteiger partial charge in [0, 0.05) is 38.6 Å². The van der Waals surface area contributed by atoms with E-state index >= 15 is 0 Å². The molecule has 1 aliphatic carbocycles. The lowest BCUT2D eigenvalue weighted by atomic mass is 9.99. The Morgan fingerprint density at radius 3 is 2.62 bits per heavy atom. The van der Waals surface area contributed by atoms with E-state index in [0.29, 0.717) is 37.8 Å². The van der Waals surface area contributed by atoms with Crippen molar-refractivity contribution in [3.8, 4) is 5.75 Å². The third kappa shape index (κ3) is 5.62. The van der Waals surface area contributed by atoms with Gasteiger partial charge in [0.1, 0.15) is 5.75 Å². The maximum Gasteiger partial charge on any atom is 0.237 e. The number of hydrogen-bond donors (Lipinski definition) is 2. The third-order valence-electron chi connectivity index (χ3n) is 7.45. The zero-order valence-corrected chi connectivity index (χ0v) is 19.2. The van der Waals surface area contributed by atoms with E-state index in [2.05, 4.69) is 10.2 Å². The summed E-state index contributed by atoms with van der Waals surface area (Å²) in [5.74, 6) is 1.60. The molecule has 7 nitrogen and oxygen atoms in total. The van der Waals surface area contributed by atoms with Crippen LogP contribution in [0.15, 0.2) is 24.3 Å². The first-order valence-electron chi connectivity index (χ1n) is 12.2. The second-order valence-electron chi connectivity index (χ2n) is 9.64. The van der Waals surface area contributed by atoms with Gasteiger partial charge < -0.3 is 20.1 Å². The Balaban J connectivity index is 1.28. The fraction of sp³-hybridized carbons (Fsp3) is 0.680. The Hall–Kier alpha value is -2.12. The number of amides is 2. The highest BCUT2D eigenvalue weighted by molar-refractivity contribution is 5.82. The summed E-state index contributed by atoms with van der Waals surface area (Å²) in [6.45, 7) is 2.46. The fourth-order valence-electron chi connectivity index (χ4n) is 5.63. The lowest BCUT2D eigenvalue weighted by molar-refractivity contribution is -0.134. The van der Waals surface area contributed by atoms with Crippen LogP contribution in [0.4, 0.5) is 0 Å². The van der Waals surface area contributed by atoms with Crippen molar-refractivity contribution in [1.29, 1.82) is 0 Å². The number of carbonyl (C=O) groups excluding carboxylic acids is 2. The minimum absolute atomic E-state index is 0.0379. The van der Waals surface area contributed by atoms with Crippen molar-refractivity contribution in [2.24, 2.45) is 5.92 Å². The molecular formula is C25H37N3O4. The van der Waals surface area contributed by atoms with Gasteiger partial charge in [-0.1, -0.05) is 25.0 Å². The van der Waals surface area contributed by atoms with E-state index in [4.69, 9.17) is 4.74 Å². The fourth-order valence-corrected chi connectivity index (χ4v) is 5.63. The Kier molecular flexibility index (Phi) is 7.68. The van der Waals surface area contributed by atoms with Gasteiger partial charge in [-0.2, -0.15) is 0 Å². The van der Waals surface area contributed by atoms with Crippen LogP contribution in [0.1, 0.15) is 56.9 Å². The van der Waals surface area contributed by atoms with Gasteiger partial charge in [-0.3, -0.25) is 14.5 Å². The summed E-state index contributed by atoms with van der Waals surface area (Å²) in [6, 6.07) is 7.58. The molecule has 1 aromatic rings. The van der Waals surface area contributed by atoms with Crippen LogP contribution in [0.3, 0.4) is 0 Å². The molecule has 0 radical (unpaired) electrons. The van der Waals surface area contributed by atoms with Crippen LogP contribution < -0.4 is 10.1 Å². The lowest BCUT2D eigenvalue weighted by Crippen LogP contribution is -2.52. The normalized spacial score (nSPS) is 25.2. The van der Waals surface area contributed by atoms with E-state index in [9.17, 15) is 14.7 Å². The molecule has 1 saturated carbocycles. The molecule has 176 valence electrons. The molecule has 1 aromatic carbocycles. The topological polar surface area (TPSA) is 82.1 Å². The summed E-state index contributed by atoms with van der Waals surface area (Å²) >= 11 is 0. The van der Waals surface area contributed by atoms with E-state index in [0.717, 1.165) is 37.2 Å². The maximum absolute atomic E-state index is 13.0.